The Morgan fingerprint density at radius 3 is 2.90 bits per heavy atom. The molecule has 0 aliphatic rings. The third-order valence-corrected chi connectivity index (χ3v) is 3.18. The second-order valence-corrected chi connectivity index (χ2v) is 4.91. The van der Waals surface area contributed by atoms with Crippen LogP contribution >= 0.6 is 0 Å². The van der Waals surface area contributed by atoms with Crippen molar-refractivity contribution in [3.05, 3.63) is 15.7 Å². The number of nitrogens with zero attached hydrogens (tertiary/aromatic N) is 1. The molecule has 1 nitrogen and oxygen atoms in total. The normalized spacial score (nSPS) is 10.7. The molecule has 56 valence electrons. The van der Waals surface area contributed by atoms with E-state index in [0.29, 0.717) is 14.5 Å². The molecule has 0 atom stereocenters. The monoisotopic (exact) mass is 203 g/mol. The first-order chi connectivity index (χ1) is 4.79. The van der Waals surface area contributed by atoms with Crippen molar-refractivity contribution in [1.82, 2.24) is 4.98 Å². The van der Waals surface area contributed by atoms with Gasteiger partial charge in [0.2, 0.25) is 0 Å². The van der Waals surface area contributed by atoms with Crippen LogP contribution in [-0.4, -0.2) is 19.5 Å². The van der Waals surface area contributed by atoms with Crippen molar-refractivity contribution < 1.29 is 0 Å². The number of rotatable bonds is 3. The van der Waals surface area contributed by atoms with Crippen LogP contribution in [-0.2, 0) is 6.42 Å². The first kappa shape index (κ1) is 8.03. The molecule has 0 radical (unpaired) electrons. The van der Waals surface area contributed by atoms with Crippen molar-refractivity contribution >= 4 is 14.5 Å². The molecule has 1 aromatic rings. The van der Waals surface area contributed by atoms with Crippen molar-refractivity contribution in [1.29, 1.82) is 0 Å². The summed E-state index contributed by atoms with van der Waals surface area (Å²) in [5.41, 5.74) is 0. The Kier molecular flexibility index (Phi) is 3.17. The van der Waals surface area contributed by atoms with E-state index in [2.05, 4.69) is 23.8 Å². The maximum atomic E-state index is 4.27. The van der Waals surface area contributed by atoms with Crippen LogP contribution in [0.5, 0.6) is 0 Å². The summed E-state index contributed by atoms with van der Waals surface area (Å²) in [6.07, 6.45) is 4.45. The predicted octanol–water partition coefficient (Wildman–Crippen LogP) is 1.73. The fourth-order valence-corrected chi connectivity index (χ4v) is 2.12. The van der Waals surface area contributed by atoms with Gasteiger partial charge in [0.1, 0.15) is 0 Å². The minimum absolute atomic E-state index is 0.592. The molecule has 0 aliphatic carbocycles. The summed E-state index contributed by atoms with van der Waals surface area (Å²) in [6, 6.07) is 0. The van der Waals surface area contributed by atoms with Gasteiger partial charge in [-0.05, 0) is 0 Å². The van der Waals surface area contributed by atoms with E-state index in [9.17, 15) is 0 Å². The van der Waals surface area contributed by atoms with Gasteiger partial charge in [-0.2, -0.15) is 0 Å². The van der Waals surface area contributed by atoms with Crippen LogP contribution in [0.4, 0.5) is 0 Å². The first-order valence-electron chi connectivity index (χ1n) is 3.67. The molecule has 1 aromatic heterocycles. The molecule has 0 unspecified atom stereocenters. The second kappa shape index (κ2) is 3.95. The third-order valence-electron chi connectivity index (χ3n) is 1.42. The van der Waals surface area contributed by atoms with Crippen LogP contribution in [0.25, 0.3) is 0 Å². The molecular formula is C8H13NSe. The Morgan fingerprint density at radius 1 is 1.60 bits per heavy atom. The van der Waals surface area contributed by atoms with E-state index in [1.165, 1.54) is 17.4 Å². The zero-order valence-corrected chi connectivity index (χ0v) is 8.21. The van der Waals surface area contributed by atoms with Crippen molar-refractivity contribution in [3.8, 4) is 0 Å². The SMILES string of the molecule is CC(C)CCc1ncc[se]1. The van der Waals surface area contributed by atoms with E-state index in [4.69, 9.17) is 0 Å². The first-order valence-corrected chi connectivity index (χ1v) is 5.52. The second-order valence-electron chi connectivity index (χ2n) is 2.86. The van der Waals surface area contributed by atoms with Gasteiger partial charge in [0, 0.05) is 0 Å². The zero-order chi connectivity index (χ0) is 7.40. The molecule has 0 saturated carbocycles. The molecule has 1 rings (SSSR count). The van der Waals surface area contributed by atoms with Crippen LogP contribution in [0, 0.1) is 5.92 Å². The molecule has 0 spiro atoms. The summed E-state index contributed by atoms with van der Waals surface area (Å²) in [5, 5.41) is 0. The quantitative estimate of drug-likeness (QED) is 0.680. The van der Waals surface area contributed by atoms with E-state index < -0.39 is 0 Å². The van der Waals surface area contributed by atoms with Crippen LogP contribution in [0.15, 0.2) is 11.1 Å². The van der Waals surface area contributed by atoms with Gasteiger partial charge in [-0.25, -0.2) is 0 Å². The van der Waals surface area contributed by atoms with Crippen molar-refractivity contribution in [3.63, 3.8) is 0 Å². The van der Waals surface area contributed by atoms with E-state index in [1.807, 2.05) is 6.20 Å². The predicted molar refractivity (Wildman–Crippen MR) is 44.3 cm³/mol. The molecule has 0 bridgehead atoms. The van der Waals surface area contributed by atoms with Crippen LogP contribution in [0.1, 0.15) is 24.8 Å². The maximum absolute atomic E-state index is 4.27. The molecule has 0 N–H and O–H groups in total. The fraction of sp³-hybridized carbons (Fsp3) is 0.625. The standard InChI is InChI=1S/C8H13NSe/c1-7(2)3-4-8-9-5-6-10-8/h5-7H,3-4H2,1-2H3. The van der Waals surface area contributed by atoms with Gasteiger partial charge in [0.25, 0.3) is 0 Å². The average Bonchev–Trinajstić information content (AvgIpc) is 2.34. The van der Waals surface area contributed by atoms with Gasteiger partial charge in [0.05, 0.1) is 0 Å². The van der Waals surface area contributed by atoms with E-state index in [-0.39, 0.29) is 0 Å². The van der Waals surface area contributed by atoms with Gasteiger partial charge in [-0.15, -0.1) is 0 Å². The molecule has 0 aromatic carbocycles. The van der Waals surface area contributed by atoms with E-state index in [1.54, 1.807) is 0 Å². The summed E-state index contributed by atoms with van der Waals surface area (Å²) in [6.45, 7) is 4.52. The molecule has 1 heterocycles. The number of aromatic nitrogens is 1. The van der Waals surface area contributed by atoms with Crippen molar-refractivity contribution in [2.24, 2.45) is 5.92 Å². The molecule has 0 amide bonds. The van der Waals surface area contributed by atoms with Crippen LogP contribution in [0.3, 0.4) is 0 Å². The molecular weight excluding hydrogens is 189 g/mol. The van der Waals surface area contributed by atoms with Crippen molar-refractivity contribution in [2.75, 3.05) is 0 Å². The van der Waals surface area contributed by atoms with Crippen LogP contribution < -0.4 is 0 Å². The molecule has 2 heteroatoms. The Labute approximate surface area is 68.2 Å². The fourth-order valence-electron chi connectivity index (χ4n) is 0.789. The number of aryl methyl sites for hydroxylation is 1. The Bertz CT molecular complexity index is 167. The molecule has 0 aliphatic heterocycles. The Hall–Kier alpha value is -0.0705. The average molecular weight is 202 g/mol. The van der Waals surface area contributed by atoms with Gasteiger partial charge >= 0.3 is 67.8 Å². The molecule has 10 heavy (non-hydrogen) atoms. The third kappa shape index (κ3) is 2.68. The zero-order valence-electron chi connectivity index (χ0n) is 6.50. The molecule has 0 saturated heterocycles. The van der Waals surface area contributed by atoms with Crippen molar-refractivity contribution in [2.45, 2.75) is 26.7 Å². The summed E-state index contributed by atoms with van der Waals surface area (Å²) >= 11 is 0.592. The topological polar surface area (TPSA) is 12.9 Å². The van der Waals surface area contributed by atoms with Crippen LogP contribution in [0.2, 0.25) is 0 Å². The van der Waals surface area contributed by atoms with E-state index in [0.717, 1.165) is 5.92 Å². The van der Waals surface area contributed by atoms with E-state index >= 15 is 0 Å². The molecule has 0 fully saturated rings. The van der Waals surface area contributed by atoms with Gasteiger partial charge in [-0.1, -0.05) is 0 Å². The van der Waals surface area contributed by atoms with Gasteiger partial charge < -0.3 is 0 Å². The van der Waals surface area contributed by atoms with Gasteiger partial charge in [0.15, 0.2) is 0 Å². The Balaban J connectivity index is 2.28. The summed E-state index contributed by atoms with van der Waals surface area (Å²) in [5.74, 6) is 0.819. The van der Waals surface area contributed by atoms with Gasteiger partial charge in [-0.3, -0.25) is 0 Å². The summed E-state index contributed by atoms with van der Waals surface area (Å²) in [7, 11) is 0. The Morgan fingerprint density at radius 2 is 2.40 bits per heavy atom. The summed E-state index contributed by atoms with van der Waals surface area (Å²) in [4.78, 5) is 6.45. The minimum atomic E-state index is 0.592. The summed E-state index contributed by atoms with van der Waals surface area (Å²) < 4.78 is 1.42. The number of hydrogen-bond acceptors (Lipinski definition) is 1. The number of hydrogen-bond donors (Lipinski definition) is 0.